The Bertz CT molecular complexity index is 1210. The van der Waals surface area contributed by atoms with Gasteiger partial charge in [-0.15, -0.1) is 0 Å². The van der Waals surface area contributed by atoms with Crippen LogP contribution in [0.5, 0.6) is 5.88 Å². The maximum absolute atomic E-state index is 12.2. The predicted molar refractivity (Wildman–Crippen MR) is 111 cm³/mol. The number of aromatic nitrogens is 4. The van der Waals surface area contributed by atoms with Crippen LogP contribution in [0.1, 0.15) is 47.2 Å². The first-order valence-corrected chi connectivity index (χ1v) is 9.94. The summed E-state index contributed by atoms with van der Waals surface area (Å²) in [4.78, 5) is 16.3. The molecule has 1 aliphatic heterocycles. The molecule has 3 aromatic rings. The standard InChI is InChI=1S/C22H22N6O3/c1-4-16-18-17(15(12-23)19(24)31-21(18)27(3)26-16)13-6-8-14(9-7-13)28-11-10-25-20(28)22(29)30-5-2/h6-11,17H,4-5,24H2,1-3H3. The van der Waals surface area contributed by atoms with E-state index in [9.17, 15) is 10.1 Å². The highest BCUT2D eigenvalue weighted by molar-refractivity contribution is 5.86. The van der Waals surface area contributed by atoms with Gasteiger partial charge in [-0.1, -0.05) is 19.1 Å². The molecule has 0 radical (unpaired) electrons. The number of benzene rings is 1. The van der Waals surface area contributed by atoms with Gasteiger partial charge < -0.3 is 15.2 Å². The summed E-state index contributed by atoms with van der Waals surface area (Å²) in [5, 5.41) is 14.3. The van der Waals surface area contributed by atoms with Gasteiger partial charge in [0, 0.05) is 25.1 Å². The molecule has 9 nitrogen and oxygen atoms in total. The van der Waals surface area contributed by atoms with Gasteiger partial charge in [0.25, 0.3) is 0 Å². The number of ether oxygens (including phenoxy) is 2. The van der Waals surface area contributed by atoms with E-state index in [4.69, 9.17) is 15.2 Å². The van der Waals surface area contributed by atoms with Crippen LogP contribution in [0, 0.1) is 11.3 Å². The number of nitrogens with zero attached hydrogens (tertiary/aromatic N) is 5. The Labute approximate surface area is 179 Å². The Morgan fingerprint density at radius 1 is 1.32 bits per heavy atom. The van der Waals surface area contributed by atoms with Gasteiger partial charge in [0.2, 0.25) is 17.6 Å². The van der Waals surface area contributed by atoms with E-state index in [1.165, 1.54) is 0 Å². The lowest BCUT2D eigenvalue weighted by Gasteiger charge is -2.25. The Kier molecular flexibility index (Phi) is 5.21. The number of rotatable bonds is 5. The zero-order chi connectivity index (χ0) is 22.1. The van der Waals surface area contributed by atoms with E-state index in [-0.39, 0.29) is 18.3 Å². The first-order chi connectivity index (χ1) is 15.0. The average molecular weight is 418 g/mol. The quantitative estimate of drug-likeness (QED) is 0.632. The van der Waals surface area contributed by atoms with Crippen LogP contribution in [0.2, 0.25) is 0 Å². The number of carbonyl (C=O) groups excluding carboxylic acids is 1. The van der Waals surface area contributed by atoms with E-state index in [0.29, 0.717) is 17.9 Å². The second kappa shape index (κ2) is 7.99. The Morgan fingerprint density at radius 2 is 2.06 bits per heavy atom. The van der Waals surface area contributed by atoms with Crippen molar-refractivity contribution < 1.29 is 14.3 Å². The van der Waals surface area contributed by atoms with Gasteiger partial charge in [0.05, 0.1) is 23.8 Å². The number of esters is 1. The van der Waals surface area contributed by atoms with Gasteiger partial charge in [-0.2, -0.15) is 10.4 Å². The zero-order valence-corrected chi connectivity index (χ0v) is 17.5. The van der Waals surface area contributed by atoms with E-state index in [2.05, 4.69) is 16.2 Å². The largest absolute Gasteiger partial charge is 0.460 e. The number of hydrogen-bond acceptors (Lipinski definition) is 7. The first-order valence-electron chi connectivity index (χ1n) is 9.94. The summed E-state index contributed by atoms with van der Waals surface area (Å²) in [6.07, 6.45) is 3.94. The van der Waals surface area contributed by atoms with Gasteiger partial charge in [-0.05, 0) is 31.0 Å². The fourth-order valence-electron chi connectivity index (χ4n) is 3.83. The van der Waals surface area contributed by atoms with Crippen molar-refractivity contribution in [3.63, 3.8) is 0 Å². The zero-order valence-electron chi connectivity index (χ0n) is 17.5. The van der Waals surface area contributed by atoms with Crippen LogP contribution >= 0.6 is 0 Å². The van der Waals surface area contributed by atoms with Crippen LogP contribution < -0.4 is 10.5 Å². The third kappa shape index (κ3) is 3.32. The molecule has 158 valence electrons. The smallest absolute Gasteiger partial charge is 0.374 e. The van der Waals surface area contributed by atoms with E-state index in [0.717, 1.165) is 22.5 Å². The number of nitrogens with two attached hydrogens (primary N) is 1. The van der Waals surface area contributed by atoms with Crippen molar-refractivity contribution in [2.75, 3.05) is 6.61 Å². The van der Waals surface area contributed by atoms with Gasteiger partial charge >= 0.3 is 5.97 Å². The molecule has 3 heterocycles. The molecule has 0 bridgehead atoms. The fourth-order valence-corrected chi connectivity index (χ4v) is 3.83. The summed E-state index contributed by atoms with van der Waals surface area (Å²) in [5.41, 5.74) is 9.73. The van der Waals surface area contributed by atoms with Gasteiger partial charge in [-0.3, -0.25) is 4.57 Å². The summed E-state index contributed by atoms with van der Waals surface area (Å²) >= 11 is 0. The molecule has 1 atom stereocenters. The van der Waals surface area contributed by atoms with Crippen molar-refractivity contribution in [2.24, 2.45) is 12.8 Å². The molecule has 1 unspecified atom stereocenters. The SMILES string of the molecule is CCOC(=O)c1nccn1-c1ccc(C2C(C#N)=C(N)Oc3c2c(CC)nn3C)cc1. The molecule has 2 N–H and O–H groups in total. The van der Waals surface area contributed by atoms with Crippen molar-refractivity contribution in [1.29, 1.82) is 5.26 Å². The molecule has 1 aromatic carbocycles. The summed E-state index contributed by atoms with van der Waals surface area (Å²) in [6.45, 7) is 4.02. The van der Waals surface area contributed by atoms with Crippen molar-refractivity contribution in [2.45, 2.75) is 26.2 Å². The van der Waals surface area contributed by atoms with Crippen LogP contribution in [-0.4, -0.2) is 31.9 Å². The molecule has 0 saturated carbocycles. The summed E-state index contributed by atoms with van der Waals surface area (Å²) in [5.74, 6) is -0.0595. The minimum atomic E-state index is -0.490. The lowest BCUT2D eigenvalue weighted by atomic mass is 9.83. The average Bonchev–Trinajstić information content (AvgIpc) is 3.38. The monoisotopic (exact) mass is 418 g/mol. The molecule has 0 aliphatic carbocycles. The van der Waals surface area contributed by atoms with Crippen LogP contribution in [0.15, 0.2) is 48.1 Å². The number of allylic oxidation sites excluding steroid dienone is 1. The molecule has 2 aromatic heterocycles. The minimum Gasteiger partial charge on any atom is -0.460 e. The number of imidazole rings is 1. The number of aryl methyl sites for hydroxylation is 2. The van der Waals surface area contributed by atoms with Gasteiger partial charge in [0.1, 0.15) is 11.6 Å². The third-order valence-electron chi connectivity index (χ3n) is 5.21. The topological polar surface area (TPSA) is 121 Å². The number of carbonyl (C=O) groups is 1. The molecule has 31 heavy (non-hydrogen) atoms. The Hall–Kier alpha value is -4.06. The van der Waals surface area contributed by atoms with E-state index >= 15 is 0 Å². The lowest BCUT2D eigenvalue weighted by Crippen LogP contribution is -2.22. The van der Waals surface area contributed by atoms with Crippen molar-refractivity contribution in [3.8, 4) is 17.6 Å². The van der Waals surface area contributed by atoms with E-state index in [1.54, 1.807) is 35.6 Å². The fraction of sp³-hybridized carbons (Fsp3) is 0.273. The molecule has 0 fully saturated rings. The molecule has 1 aliphatic rings. The normalized spacial score (nSPS) is 15.2. The lowest BCUT2D eigenvalue weighted by molar-refractivity contribution is 0.0510. The molecular weight excluding hydrogens is 396 g/mol. The highest BCUT2D eigenvalue weighted by Crippen LogP contribution is 2.43. The second-order valence-electron chi connectivity index (χ2n) is 7.00. The molecule has 0 spiro atoms. The highest BCUT2D eigenvalue weighted by atomic mass is 16.5. The Morgan fingerprint density at radius 3 is 2.71 bits per heavy atom. The van der Waals surface area contributed by atoms with Crippen molar-refractivity contribution in [3.05, 3.63) is 70.8 Å². The number of nitriles is 1. The summed E-state index contributed by atoms with van der Waals surface area (Å²) < 4.78 is 14.1. The Balaban J connectivity index is 1.78. The summed E-state index contributed by atoms with van der Waals surface area (Å²) in [6, 6.07) is 9.73. The molecule has 0 amide bonds. The van der Waals surface area contributed by atoms with Crippen LogP contribution in [-0.2, 0) is 18.2 Å². The van der Waals surface area contributed by atoms with Crippen molar-refractivity contribution in [1.82, 2.24) is 19.3 Å². The third-order valence-corrected chi connectivity index (χ3v) is 5.21. The highest BCUT2D eigenvalue weighted by Gasteiger charge is 2.35. The number of fused-ring (bicyclic) bond motifs is 1. The van der Waals surface area contributed by atoms with Gasteiger partial charge in [-0.25, -0.2) is 14.5 Å². The molecule has 9 heteroatoms. The minimum absolute atomic E-state index is 0.0777. The van der Waals surface area contributed by atoms with Crippen LogP contribution in [0.25, 0.3) is 5.69 Å². The van der Waals surface area contributed by atoms with E-state index < -0.39 is 11.9 Å². The molecule has 4 rings (SSSR count). The van der Waals surface area contributed by atoms with Crippen LogP contribution in [0.4, 0.5) is 0 Å². The van der Waals surface area contributed by atoms with Crippen molar-refractivity contribution >= 4 is 5.97 Å². The maximum Gasteiger partial charge on any atom is 0.374 e. The predicted octanol–water partition coefficient (Wildman–Crippen LogP) is 2.56. The molecule has 0 saturated heterocycles. The second-order valence-corrected chi connectivity index (χ2v) is 7.00. The summed E-state index contributed by atoms with van der Waals surface area (Å²) in [7, 11) is 1.79. The maximum atomic E-state index is 12.2. The van der Waals surface area contributed by atoms with E-state index in [1.807, 2.05) is 31.2 Å². The first kappa shape index (κ1) is 20.2. The van der Waals surface area contributed by atoms with Gasteiger partial charge in [0.15, 0.2) is 0 Å². The number of hydrogen-bond donors (Lipinski definition) is 1. The van der Waals surface area contributed by atoms with Crippen LogP contribution in [0.3, 0.4) is 0 Å². The molecular formula is C22H22N6O3.